The van der Waals surface area contributed by atoms with Crippen LogP contribution in [-0.2, 0) is 0 Å². The predicted octanol–water partition coefficient (Wildman–Crippen LogP) is 3.98. The molecule has 1 aliphatic rings. The zero-order valence-corrected chi connectivity index (χ0v) is 11.1. The molecule has 0 radical (unpaired) electrons. The van der Waals surface area contributed by atoms with Crippen LogP contribution in [0.15, 0.2) is 0 Å². The lowest BCUT2D eigenvalue weighted by atomic mass is 9.79. The molecule has 1 unspecified atom stereocenters. The Kier molecular flexibility index (Phi) is 5.66. The topological polar surface area (TPSA) is 12.0 Å². The minimum absolute atomic E-state index is 0.718. The van der Waals surface area contributed by atoms with Gasteiger partial charge in [0.25, 0.3) is 0 Å². The minimum Gasteiger partial charge on any atom is -0.312 e. The second-order valence-electron chi connectivity index (χ2n) is 5.71. The van der Waals surface area contributed by atoms with Crippen LogP contribution in [0, 0.1) is 11.8 Å². The Morgan fingerprint density at radius 3 is 2.13 bits per heavy atom. The Balaban J connectivity index is 2.19. The quantitative estimate of drug-likeness (QED) is 0.725. The molecule has 0 amide bonds. The highest BCUT2D eigenvalue weighted by molar-refractivity contribution is 4.80. The van der Waals surface area contributed by atoms with Crippen molar-refractivity contribution in [3.8, 4) is 0 Å². The molecule has 0 heterocycles. The minimum atomic E-state index is 0.718. The molecule has 1 nitrogen and oxygen atoms in total. The van der Waals surface area contributed by atoms with Gasteiger partial charge in [0.15, 0.2) is 0 Å². The van der Waals surface area contributed by atoms with Gasteiger partial charge in [0.1, 0.15) is 0 Å². The molecule has 1 rings (SSSR count). The first-order chi connectivity index (χ1) is 7.13. The summed E-state index contributed by atoms with van der Waals surface area (Å²) in [6.45, 7) is 9.35. The van der Waals surface area contributed by atoms with Crippen LogP contribution in [0.25, 0.3) is 0 Å². The molecule has 0 aromatic carbocycles. The normalized spacial score (nSPS) is 29.4. The van der Waals surface area contributed by atoms with E-state index >= 15 is 0 Å². The fraction of sp³-hybridized carbons (Fsp3) is 1.00. The largest absolute Gasteiger partial charge is 0.312 e. The van der Waals surface area contributed by atoms with Crippen molar-refractivity contribution in [2.24, 2.45) is 11.8 Å². The second-order valence-corrected chi connectivity index (χ2v) is 5.71. The van der Waals surface area contributed by atoms with Gasteiger partial charge in [0, 0.05) is 12.1 Å². The number of hydrogen-bond acceptors (Lipinski definition) is 1. The van der Waals surface area contributed by atoms with Crippen molar-refractivity contribution in [3.05, 3.63) is 0 Å². The average molecular weight is 211 g/mol. The summed E-state index contributed by atoms with van der Waals surface area (Å²) in [5.41, 5.74) is 0. The van der Waals surface area contributed by atoms with Gasteiger partial charge in [-0.25, -0.2) is 0 Å². The maximum Gasteiger partial charge on any atom is 0.00697 e. The molecule has 0 spiro atoms. The summed E-state index contributed by atoms with van der Waals surface area (Å²) >= 11 is 0. The maximum atomic E-state index is 3.78. The van der Waals surface area contributed by atoms with E-state index in [0.717, 1.165) is 23.9 Å². The highest BCUT2D eigenvalue weighted by Gasteiger charge is 2.23. The molecule has 0 saturated heterocycles. The Morgan fingerprint density at radius 1 is 1.07 bits per heavy atom. The van der Waals surface area contributed by atoms with Crippen molar-refractivity contribution in [3.63, 3.8) is 0 Å². The molecular weight excluding hydrogens is 182 g/mol. The summed E-state index contributed by atoms with van der Waals surface area (Å²) in [5, 5.41) is 3.78. The van der Waals surface area contributed by atoms with Crippen molar-refractivity contribution >= 4 is 0 Å². The third-order valence-electron chi connectivity index (χ3n) is 3.96. The van der Waals surface area contributed by atoms with Crippen molar-refractivity contribution < 1.29 is 0 Å². The van der Waals surface area contributed by atoms with Crippen LogP contribution in [0.3, 0.4) is 0 Å². The second kappa shape index (κ2) is 6.52. The van der Waals surface area contributed by atoms with E-state index in [4.69, 9.17) is 0 Å². The molecule has 1 aliphatic carbocycles. The third-order valence-corrected chi connectivity index (χ3v) is 3.96. The van der Waals surface area contributed by atoms with Crippen molar-refractivity contribution in [2.45, 2.75) is 78.3 Å². The molecule has 0 aliphatic heterocycles. The van der Waals surface area contributed by atoms with Crippen LogP contribution in [0.4, 0.5) is 0 Å². The summed E-state index contributed by atoms with van der Waals surface area (Å²) in [5.74, 6) is 1.88. The van der Waals surface area contributed by atoms with Gasteiger partial charge >= 0.3 is 0 Å². The Hall–Kier alpha value is -0.0400. The smallest absolute Gasteiger partial charge is 0.00697 e. The lowest BCUT2D eigenvalue weighted by Crippen LogP contribution is -2.39. The molecule has 1 N–H and O–H groups in total. The Morgan fingerprint density at radius 2 is 1.67 bits per heavy atom. The number of hydrogen-bond donors (Lipinski definition) is 1. The van der Waals surface area contributed by atoms with Crippen LogP contribution < -0.4 is 5.32 Å². The fourth-order valence-electron chi connectivity index (χ4n) is 2.87. The summed E-state index contributed by atoms with van der Waals surface area (Å²) in [6, 6.07) is 1.53. The standard InChI is InChI=1S/C14H29N/c1-5-6-12(4)15-14-9-7-13(8-10-14)11(2)3/h11-15H,5-10H2,1-4H3. The molecule has 0 bridgehead atoms. The molecule has 1 heteroatoms. The first kappa shape index (κ1) is 13.0. The average Bonchev–Trinajstić information content (AvgIpc) is 2.18. The molecular formula is C14H29N. The summed E-state index contributed by atoms with van der Waals surface area (Å²) in [6.07, 6.45) is 8.30. The number of nitrogens with one attached hydrogen (secondary N) is 1. The van der Waals surface area contributed by atoms with Crippen LogP contribution in [-0.4, -0.2) is 12.1 Å². The summed E-state index contributed by atoms with van der Waals surface area (Å²) < 4.78 is 0. The van der Waals surface area contributed by atoms with E-state index < -0.39 is 0 Å². The van der Waals surface area contributed by atoms with Gasteiger partial charge in [0.05, 0.1) is 0 Å². The van der Waals surface area contributed by atoms with Crippen LogP contribution in [0.5, 0.6) is 0 Å². The van der Waals surface area contributed by atoms with E-state index in [-0.39, 0.29) is 0 Å². The zero-order chi connectivity index (χ0) is 11.3. The molecule has 0 aromatic rings. The van der Waals surface area contributed by atoms with Gasteiger partial charge in [-0.2, -0.15) is 0 Å². The highest BCUT2D eigenvalue weighted by Crippen LogP contribution is 2.30. The highest BCUT2D eigenvalue weighted by atomic mass is 14.9. The molecule has 90 valence electrons. The van der Waals surface area contributed by atoms with Crippen molar-refractivity contribution in [2.75, 3.05) is 0 Å². The summed E-state index contributed by atoms with van der Waals surface area (Å²) in [7, 11) is 0. The SMILES string of the molecule is CCCC(C)NC1CCC(C(C)C)CC1. The van der Waals surface area contributed by atoms with Crippen LogP contribution >= 0.6 is 0 Å². The Bertz CT molecular complexity index is 157. The molecule has 1 fully saturated rings. The predicted molar refractivity (Wildman–Crippen MR) is 68.1 cm³/mol. The van der Waals surface area contributed by atoms with E-state index in [1.807, 2.05) is 0 Å². The van der Waals surface area contributed by atoms with Crippen LogP contribution in [0.2, 0.25) is 0 Å². The van der Waals surface area contributed by atoms with Gasteiger partial charge in [-0.1, -0.05) is 27.2 Å². The van der Waals surface area contributed by atoms with Gasteiger partial charge in [-0.3, -0.25) is 0 Å². The van der Waals surface area contributed by atoms with E-state index in [0.29, 0.717) is 0 Å². The fourth-order valence-corrected chi connectivity index (χ4v) is 2.87. The van der Waals surface area contributed by atoms with Crippen LogP contribution in [0.1, 0.15) is 66.2 Å². The van der Waals surface area contributed by atoms with E-state index in [9.17, 15) is 0 Å². The van der Waals surface area contributed by atoms with Gasteiger partial charge in [-0.05, 0) is 50.9 Å². The number of rotatable bonds is 5. The third kappa shape index (κ3) is 4.55. The first-order valence-corrected chi connectivity index (χ1v) is 6.89. The molecule has 15 heavy (non-hydrogen) atoms. The van der Waals surface area contributed by atoms with E-state index in [2.05, 4.69) is 33.0 Å². The molecule has 0 aromatic heterocycles. The van der Waals surface area contributed by atoms with E-state index in [1.165, 1.54) is 38.5 Å². The molecule has 1 saturated carbocycles. The lowest BCUT2D eigenvalue weighted by molar-refractivity contribution is 0.228. The van der Waals surface area contributed by atoms with Crippen molar-refractivity contribution in [1.82, 2.24) is 5.32 Å². The molecule has 1 atom stereocenters. The Labute approximate surface area is 96.0 Å². The maximum absolute atomic E-state index is 3.78. The first-order valence-electron chi connectivity index (χ1n) is 6.89. The van der Waals surface area contributed by atoms with Gasteiger partial charge in [-0.15, -0.1) is 0 Å². The lowest BCUT2D eigenvalue weighted by Gasteiger charge is -2.33. The van der Waals surface area contributed by atoms with Gasteiger partial charge in [0.2, 0.25) is 0 Å². The zero-order valence-electron chi connectivity index (χ0n) is 11.1. The van der Waals surface area contributed by atoms with E-state index in [1.54, 1.807) is 0 Å². The van der Waals surface area contributed by atoms with Crippen molar-refractivity contribution in [1.29, 1.82) is 0 Å². The summed E-state index contributed by atoms with van der Waals surface area (Å²) in [4.78, 5) is 0. The van der Waals surface area contributed by atoms with Gasteiger partial charge < -0.3 is 5.32 Å². The monoisotopic (exact) mass is 211 g/mol.